The number of pyridine rings is 1. The van der Waals surface area contributed by atoms with Crippen molar-refractivity contribution in [3.63, 3.8) is 0 Å². The van der Waals surface area contributed by atoms with Crippen LogP contribution >= 0.6 is 0 Å². The van der Waals surface area contributed by atoms with Gasteiger partial charge in [-0.15, -0.1) is 0 Å². The Morgan fingerprint density at radius 1 is 1.06 bits per heavy atom. The normalized spacial score (nSPS) is 11.1. The molecule has 1 heterocycles. The summed E-state index contributed by atoms with van der Waals surface area (Å²) < 4.78 is 0. The maximum atomic E-state index is 5.98. The Labute approximate surface area is 100 Å². The summed E-state index contributed by atoms with van der Waals surface area (Å²) >= 11 is 0. The number of benzene rings is 2. The summed E-state index contributed by atoms with van der Waals surface area (Å²) in [6, 6.07) is 14.7. The molecule has 0 aliphatic heterocycles. The van der Waals surface area contributed by atoms with Crippen molar-refractivity contribution < 1.29 is 0 Å². The molecule has 0 fully saturated rings. The lowest BCUT2D eigenvalue weighted by Gasteiger charge is -2.07. The maximum absolute atomic E-state index is 5.98. The van der Waals surface area contributed by atoms with Crippen LogP contribution in [0.4, 0.5) is 5.82 Å². The van der Waals surface area contributed by atoms with E-state index >= 15 is 0 Å². The average Bonchev–Trinajstić information content (AvgIpc) is 2.38. The third kappa shape index (κ3) is 1.53. The van der Waals surface area contributed by atoms with E-state index in [0.717, 1.165) is 22.9 Å². The molecule has 0 amide bonds. The summed E-state index contributed by atoms with van der Waals surface area (Å²) in [5.41, 5.74) is 8.09. The van der Waals surface area contributed by atoms with E-state index in [1.807, 2.05) is 12.1 Å². The van der Waals surface area contributed by atoms with Crippen LogP contribution in [0.3, 0.4) is 0 Å². The van der Waals surface area contributed by atoms with Crippen LogP contribution < -0.4 is 5.73 Å². The highest BCUT2D eigenvalue weighted by atomic mass is 14.8. The van der Waals surface area contributed by atoms with Gasteiger partial charge in [0, 0.05) is 10.8 Å². The van der Waals surface area contributed by atoms with Crippen molar-refractivity contribution in [3.05, 3.63) is 48.0 Å². The fourth-order valence-electron chi connectivity index (χ4n) is 2.25. The first-order chi connectivity index (χ1) is 8.29. The number of nitrogens with two attached hydrogens (primary N) is 1. The molecule has 2 aromatic carbocycles. The van der Waals surface area contributed by atoms with Crippen LogP contribution in [0.2, 0.25) is 0 Å². The van der Waals surface area contributed by atoms with E-state index in [0.29, 0.717) is 5.82 Å². The number of hydrogen-bond acceptors (Lipinski definition) is 2. The highest BCUT2D eigenvalue weighted by Crippen LogP contribution is 2.26. The molecule has 3 rings (SSSR count). The zero-order valence-electron chi connectivity index (χ0n) is 9.77. The highest BCUT2D eigenvalue weighted by molar-refractivity contribution is 6.05. The first-order valence-corrected chi connectivity index (χ1v) is 5.86. The molecule has 17 heavy (non-hydrogen) atoms. The fourth-order valence-corrected chi connectivity index (χ4v) is 2.25. The van der Waals surface area contributed by atoms with Gasteiger partial charge >= 0.3 is 0 Å². The smallest absolute Gasteiger partial charge is 0.127 e. The molecule has 0 bridgehead atoms. The van der Waals surface area contributed by atoms with E-state index in [2.05, 4.69) is 42.2 Å². The second-order valence-electron chi connectivity index (χ2n) is 4.24. The molecule has 2 nitrogen and oxygen atoms in total. The van der Waals surface area contributed by atoms with Crippen molar-refractivity contribution in [1.82, 2.24) is 4.98 Å². The predicted octanol–water partition coefficient (Wildman–Crippen LogP) is 3.53. The van der Waals surface area contributed by atoms with Crippen molar-refractivity contribution in [1.29, 1.82) is 0 Å². The van der Waals surface area contributed by atoms with Crippen LogP contribution in [-0.2, 0) is 6.42 Å². The van der Waals surface area contributed by atoms with Gasteiger partial charge in [0.05, 0.1) is 5.52 Å². The molecule has 0 atom stereocenters. The van der Waals surface area contributed by atoms with Gasteiger partial charge in [0.15, 0.2) is 0 Å². The van der Waals surface area contributed by atoms with E-state index in [4.69, 9.17) is 5.73 Å². The molecule has 0 spiro atoms. The van der Waals surface area contributed by atoms with E-state index in [1.54, 1.807) is 0 Å². The quantitative estimate of drug-likeness (QED) is 0.640. The number of nitrogen functional groups attached to an aromatic ring is 1. The average molecular weight is 222 g/mol. The Morgan fingerprint density at radius 2 is 1.82 bits per heavy atom. The number of anilines is 1. The van der Waals surface area contributed by atoms with Gasteiger partial charge in [-0.05, 0) is 23.4 Å². The minimum atomic E-state index is 0.649. The first kappa shape index (κ1) is 10.1. The van der Waals surface area contributed by atoms with Gasteiger partial charge < -0.3 is 5.73 Å². The standard InChI is InChI=1S/C15H14N2/c1-2-10-9-12-8-7-11-5-3-4-6-13(11)14(12)17-15(10)16/h3-9H,2H2,1H3,(H2,16,17). The maximum Gasteiger partial charge on any atom is 0.127 e. The summed E-state index contributed by atoms with van der Waals surface area (Å²) in [6.45, 7) is 2.10. The Balaban J connectivity index is 2.46. The lowest BCUT2D eigenvalue weighted by atomic mass is 10.0. The summed E-state index contributed by atoms with van der Waals surface area (Å²) in [5, 5.41) is 3.53. The summed E-state index contributed by atoms with van der Waals surface area (Å²) in [7, 11) is 0. The van der Waals surface area contributed by atoms with Gasteiger partial charge in [-0.3, -0.25) is 0 Å². The zero-order valence-corrected chi connectivity index (χ0v) is 9.77. The van der Waals surface area contributed by atoms with Gasteiger partial charge in [0.25, 0.3) is 0 Å². The van der Waals surface area contributed by atoms with Crippen molar-refractivity contribution in [3.8, 4) is 0 Å². The summed E-state index contributed by atoms with van der Waals surface area (Å²) in [5.74, 6) is 0.649. The molecule has 2 N–H and O–H groups in total. The van der Waals surface area contributed by atoms with Gasteiger partial charge in [-0.25, -0.2) is 4.98 Å². The molecular formula is C15H14N2. The minimum Gasteiger partial charge on any atom is -0.383 e. The molecule has 0 aliphatic carbocycles. The van der Waals surface area contributed by atoms with Crippen LogP contribution in [-0.4, -0.2) is 4.98 Å². The molecule has 0 aliphatic rings. The van der Waals surface area contributed by atoms with Crippen molar-refractivity contribution in [2.24, 2.45) is 0 Å². The van der Waals surface area contributed by atoms with Crippen LogP contribution in [0, 0.1) is 0 Å². The Kier molecular flexibility index (Phi) is 2.22. The SMILES string of the molecule is CCc1cc2ccc3ccccc3c2nc1N. The second-order valence-corrected chi connectivity index (χ2v) is 4.24. The number of nitrogens with zero attached hydrogens (tertiary/aromatic N) is 1. The molecular weight excluding hydrogens is 208 g/mol. The van der Waals surface area contributed by atoms with Gasteiger partial charge in [0.1, 0.15) is 5.82 Å². The molecule has 0 saturated carbocycles. The number of aromatic nitrogens is 1. The zero-order chi connectivity index (χ0) is 11.8. The Hall–Kier alpha value is -2.09. The van der Waals surface area contributed by atoms with E-state index in [9.17, 15) is 0 Å². The Bertz CT molecular complexity index is 702. The number of fused-ring (bicyclic) bond motifs is 3. The van der Waals surface area contributed by atoms with Crippen molar-refractivity contribution in [2.45, 2.75) is 13.3 Å². The molecule has 2 heteroatoms. The summed E-state index contributed by atoms with van der Waals surface area (Å²) in [6.07, 6.45) is 0.918. The largest absolute Gasteiger partial charge is 0.383 e. The molecule has 0 radical (unpaired) electrons. The summed E-state index contributed by atoms with van der Waals surface area (Å²) in [4.78, 5) is 4.55. The van der Waals surface area contributed by atoms with Crippen molar-refractivity contribution in [2.75, 3.05) is 5.73 Å². The van der Waals surface area contributed by atoms with Gasteiger partial charge in [-0.2, -0.15) is 0 Å². The lowest BCUT2D eigenvalue weighted by molar-refractivity contribution is 1.13. The molecule has 3 aromatic rings. The molecule has 0 unspecified atom stereocenters. The minimum absolute atomic E-state index is 0.649. The third-order valence-electron chi connectivity index (χ3n) is 3.20. The lowest BCUT2D eigenvalue weighted by Crippen LogP contribution is -1.97. The number of aryl methyl sites for hydroxylation is 1. The first-order valence-electron chi connectivity index (χ1n) is 5.86. The van der Waals surface area contributed by atoms with E-state index in [-0.39, 0.29) is 0 Å². The Morgan fingerprint density at radius 3 is 2.65 bits per heavy atom. The van der Waals surface area contributed by atoms with Crippen LogP contribution in [0.1, 0.15) is 12.5 Å². The van der Waals surface area contributed by atoms with Crippen LogP contribution in [0.5, 0.6) is 0 Å². The van der Waals surface area contributed by atoms with Crippen LogP contribution in [0.25, 0.3) is 21.7 Å². The van der Waals surface area contributed by atoms with E-state index in [1.165, 1.54) is 10.8 Å². The number of rotatable bonds is 1. The molecule has 1 aromatic heterocycles. The van der Waals surface area contributed by atoms with Crippen LogP contribution in [0.15, 0.2) is 42.5 Å². The van der Waals surface area contributed by atoms with Gasteiger partial charge in [0.2, 0.25) is 0 Å². The third-order valence-corrected chi connectivity index (χ3v) is 3.20. The fraction of sp³-hybridized carbons (Fsp3) is 0.133. The number of hydrogen-bond donors (Lipinski definition) is 1. The molecule has 84 valence electrons. The predicted molar refractivity (Wildman–Crippen MR) is 73.0 cm³/mol. The second kappa shape index (κ2) is 3.74. The highest BCUT2D eigenvalue weighted by Gasteiger charge is 2.05. The topological polar surface area (TPSA) is 38.9 Å². The van der Waals surface area contributed by atoms with Gasteiger partial charge in [-0.1, -0.05) is 43.3 Å². The van der Waals surface area contributed by atoms with Crippen molar-refractivity contribution >= 4 is 27.5 Å². The van der Waals surface area contributed by atoms with E-state index < -0.39 is 0 Å². The molecule has 0 saturated heterocycles. The monoisotopic (exact) mass is 222 g/mol.